The molecule has 2 atom stereocenters. The van der Waals surface area contributed by atoms with Crippen molar-refractivity contribution in [3.8, 4) is 0 Å². The van der Waals surface area contributed by atoms with Crippen LogP contribution in [-0.4, -0.2) is 38.9 Å². The Kier molecular flexibility index (Phi) is 5.65. The first-order valence-electron chi connectivity index (χ1n) is 10.5. The van der Waals surface area contributed by atoms with E-state index in [1.165, 1.54) is 0 Å². The molecule has 0 bridgehead atoms. The summed E-state index contributed by atoms with van der Waals surface area (Å²) >= 11 is 0. The zero-order valence-corrected chi connectivity index (χ0v) is 17.1. The maximum atomic E-state index is 12.6. The van der Waals surface area contributed by atoms with E-state index in [9.17, 15) is 9.59 Å². The first-order chi connectivity index (χ1) is 14.0. The molecular weight excluding hydrogens is 366 g/mol. The van der Waals surface area contributed by atoms with Crippen molar-refractivity contribution >= 4 is 11.8 Å². The fraction of sp³-hybridized carbons (Fsp3) is 0.545. The second kappa shape index (κ2) is 8.35. The summed E-state index contributed by atoms with van der Waals surface area (Å²) in [5.74, 6) is 1.56. The lowest BCUT2D eigenvalue weighted by Gasteiger charge is -2.30. The number of hydrogen-bond donors (Lipinski definition) is 2. The van der Waals surface area contributed by atoms with Crippen molar-refractivity contribution in [3.63, 3.8) is 0 Å². The summed E-state index contributed by atoms with van der Waals surface area (Å²) < 4.78 is 1.95. The van der Waals surface area contributed by atoms with Gasteiger partial charge in [-0.15, -0.1) is 0 Å². The van der Waals surface area contributed by atoms with E-state index in [0.717, 1.165) is 55.6 Å². The molecule has 2 heterocycles. The third-order valence-electron chi connectivity index (χ3n) is 6.17. The zero-order chi connectivity index (χ0) is 20.4. The Morgan fingerprint density at radius 3 is 2.55 bits per heavy atom. The van der Waals surface area contributed by atoms with Crippen LogP contribution in [0.15, 0.2) is 24.7 Å². The molecule has 7 nitrogen and oxygen atoms in total. The molecule has 0 unspecified atom stereocenters. The summed E-state index contributed by atoms with van der Waals surface area (Å²) in [5, 5.41) is 6.19. The molecule has 2 aliphatic rings. The van der Waals surface area contributed by atoms with Gasteiger partial charge in [0.05, 0.1) is 11.1 Å². The number of nitrogens with one attached hydrogen (secondary N) is 2. The SMILES string of the molecule is Cc1c(C(=O)N[C@H]2CCC[C@@H](CNC(=O)c3cnc(C4CC4)nc3)C2)ccn1C. The van der Waals surface area contributed by atoms with Crippen LogP contribution in [0.25, 0.3) is 0 Å². The number of amides is 2. The summed E-state index contributed by atoms with van der Waals surface area (Å²) in [6, 6.07) is 2.01. The summed E-state index contributed by atoms with van der Waals surface area (Å²) in [5.41, 5.74) is 2.21. The van der Waals surface area contributed by atoms with Crippen LogP contribution in [0.3, 0.4) is 0 Å². The summed E-state index contributed by atoms with van der Waals surface area (Å²) in [4.78, 5) is 33.6. The normalized spacial score (nSPS) is 21.6. The highest BCUT2D eigenvalue weighted by Crippen LogP contribution is 2.37. The van der Waals surface area contributed by atoms with E-state index in [4.69, 9.17) is 0 Å². The van der Waals surface area contributed by atoms with Crippen LogP contribution in [0.1, 0.15) is 76.7 Å². The molecule has 0 spiro atoms. The largest absolute Gasteiger partial charge is 0.354 e. The first-order valence-corrected chi connectivity index (χ1v) is 10.5. The highest BCUT2D eigenvalue weighted by molar-refractivity contribution is 5.95. The summed E-state index contributed by atoms with van der Waals surface area (Å²) in [6.07, 6.45) is 11.4. The molecule has 0 saturated heterocycles. The van der Waals surface area contributed by atoms with Gasteiger partial charge in [-0.1, -0.05) is 6.42 Å². The molecule has 2 aliphatic carbocycles. The molecule has 4 rings (SSSR count). The van der Waals surface area contributed by atoms with E-state index in [1.807, 2.05) is 30.8 Å². The smallest absolute Gasteiger partial charge is 0.254 e. The molecule has 7 heteroatoms. The average Bonchev–Trinajstić information content (AvgIpc) is 3.52. The van der Waals surface area contributed by atoms with Crippen LogP contribution in [0.2, 0.25) is 0 Å². The fourth-order valence-corrected chi connectivity index (χ4v) is 4.07. The Balaban J connectivity index is 1.26. The van der Waals surface area contributed by atoms with E-state index < -0.39 is 0 Å². The second-order valence-corrected chi connectivity index (χ2v) is 8.44. The average molecular weight is 396 g/mol. The third-order valence-corrected chi connectivity index (χ3v) is 6.17. The number of nitrogens with zero attached hydrogens (tertiary/aromatic N) is 3. The van der Waals surface area contributed by atoms with Crippen molar-refractivity contribution in [3.05, 3.63) is 47.3 Å². The number of aryl methyl sites for hydroxylation is 1. The number of carbonyl (C=O) groups excluding carboxylic acids is 2. The Morgan fingerprint density at radius 2 is 1.90 bits per heavy atom. The number of rotatable bonds is 6. The monoisotopic (exact) mass is 395 g/mol. The molecular formula is C22H29N5O2. The van der Waals surface area contributed by atoms with Crippen molar-refractivity contribution < 1.29 is 9.59 Å². The molecule has 2 aromatic rings. The molecule has 0 radical (unpaired) electrons. The van der Waals surface area contributed by atoms with Crippen LogP contribution in [-0.2, 0) is 7.05 Å². The van der Waals surface area contributed by atoms with E-state index in [2.05, 4.69) is 20.6 Å². The van der Waals surface area contributed by atoms with Gasteiger partial charge in [0.15, 0.2) is 0 Å². The van der Waals surface area contributed by atoms with Crippen molar-refractivity contribution in [2.75, 3.05) is 6.54 Å². The third kappa shape index (κ3) is 4.66. The van der Waals surface area contributed by atoms with Crippen LogP contribution in [0.4, 0.5) is 0 Å². The van der Waals surface area contributed by atoms with Gasteiger partial charge in [0.1, 0.15) is 5.82 Å². The van der Waals surface area contributed by atoms with Gasteiger partial charge in [-0.2, -0.15) is 0 Å². The highest BCUT2D eigenvalue weighted by Gasteiger charge is 2.27. The van der Waals surface area contributed by atoms with Gasteiger partial charge in [0.2, 0.25) is 0 Å². The van der Waals surface area contributed by atoms with Gasteiger partial charge in [0, 0.05) is 49.8 Å². The van der Waals surface area contributed by atoms with Crippen molar-refractivity contribution in [2.45, 2.75) is 57.4 Å². The molecule has 2 amide bonds. The molecule has 2 aromatic heterocycles. The minimum atomic E-state index is -0.126. The predicted molar refractivity (Wildman–Crippen MR) is 110 cm³/mol. The van der Waals surface area contributed by atoms with E-state index in [-0.39, 0.29) is 17.9 Å². The van der Waals surface area contributed by atoms with Crippen LogP contribution in [0, 0.1) is 12.8 Å². The second-order valence-electron chi connectivity index (χ2n) is 8.44. The Labute approximate surface area is 171 Å². The van der Waals surface area contributed by atoms with Crippen molar-refractivity contribution in [1.82, 2.24) is 25.2 Å². The van der Waals surface area contributed by atoms with Gasteiger partial charge < -0.3 is 15.2 Å². The van der Waals surface area contributed by atoms with Gasteiger partial charge in [-0.05, 0) is 51.0 Å². The lowest BCUT2D eigenvalue weighted by Crippen LogP contribution is -2.41. The number of hydrogen-bond acceptors (Lipinski definition) is 4. The van der Waals surface area contributed by atoms with E-state index in [0.29, 0.717) is 23.9 Å². The molecule has 2 fully saturated rings. The van der Waals surface area contributed by atoms with Crippen LogP contribution < -0.4 is 10.6 Å². The Hall–Kier alpha value is -2.70. The topological polar surface area (TPSA) is 88.9 Å². The first kappa shape index (κ1) is 19.6. The molecule has 0 aromatic carbocycles. The minimum Gasteiger partial charge on any atom is -0.354 e. The zero-order valence-electron chi connectivity index (χ0n) is 17.1. The maximum absolute atomic E-state index is 12.6. The molecule has 2 saturated carbocycles. The quantitative estimate of drug-likeness (QED) is 0.787. The Morgan fingerprint density at radius 1 is 1.14 bits per heavy atom. The van der Waals surface area contributed by atoms with Crippen LogP contribution in [0.5, 0.6) is 0 Å². The minimum absolute atomic E-state index is 0.00862. The van der Waals surface area contributed by atoms with Gasteiger partial charge in [-0.25, -0.2) is 9.97 Å². The fourth-order valence-electron chi connectivity index (χ4n) is 4.07. The van der Waals surface area contributed by atoms with Gasteiger partial charge in [-0.3, -0.25) is 9.59 Å². The Bertz CT molecular complexity index is 885. The van der Waals surface area contributed by atoms with Crippen molar-refractivity contribution in [2.24, 2.45) is 13.0 Å². The van der Waals surface area contributed by atoms with Gasteiger partial charge >= 0.3 is 0 Å². The molecule has 154 valence electrons. The van der Waals surface area contributed by atoms with E-state index >= 15 is 0 Å². The van der Waals surface area contributed by atoms with Gasteiger partial charge in [0.25, 0.3) is 11.8 Å². The predicted octanol–water partition coefficient (Wildman–Crippen LogP) is 2.72. The van der Waals surface area contributed by atoms with E-state index in [1.54, 1.807) is 12.4 Å². The molecule has 2 N–H and O–H groups in total. The molecule has 0 aliphatic heterocycles. The standard InChI is InChI=1S/C22H29N5O2/c1-14-19(8-9-27(14)2)22(29)26-18-5-3-4-15(10-18)11-25-21(28)17-12-23-20(24-13-17)16-6-7-16/h8-9,12-13,15-16,18H,3-7,10-11H2,1-2H3,(H,25,28)(H,26,29)/t15-,18+/m1/s1. The maximum Gasteiger partial charge on any atom is 0.254 e. The number of aromatic nitrogens is 3. The highest BCUT2D eigenvalue weighted by atomic mass is 16.2. The van der Waals surface area contributed by atoms with Crippen LogP contribution >= 0.6 is 0 Å². The lowest BCUT2D eigenvalue weighted by atomic mass is 9.85. The number of carbonyl (C=O) groups is 2. The summed E-state index contributed by atoms with van der Waals surface area (Å²) in [7, 11) is 1.94. The lowest BCUT2D eigenvalue weighted by molar-refractivity contribution is 0.0901. The molecule has 29 heavy (non-hydrogen) atoms. The summed E-state index contributed by atoms with van der Waals surface area (Å²) in [6.45, 7) is 2.56. The van der Waals surface area contributed by atoms with Crippen molar-refractivity contribution in [1.29, 1.82) is 0 Å².